The Balaban J connectivity index is 1.78. The molecule has 0 saturated heterocycles. The van der Waals surface area contributed by atoms with Gasteiger partial charge in [0.2, 0.25) is 11.8 Å². The Morgan fingerprint density at radius 3 is 2.96 bits per heavy atom. The lowest BCUT2D eigenvalue weighted by molar-refractivity contribution is 0.190. The minimum atomic E-state index is 0.109. The molecule has 0 amide bonds. The van der Waals surface area contributed by atoms with E-state index in [0.717, 1.165) is 47.3 Å². The molecule has 3 aromatic heterocycles. The maximum absolute atomic E-state index is 5.69. The number of imidazole rings is 1. The molecule has 28 heavy (non-hydrogen) atoms. The quantitative estimate of drug-likeness (QED) is 0.708. The number of nitrogens with zero attached hydrogens (tertiary/aromatic N) is 4. The Morgan fingerprint density at radius 1 is 1.25 bits per heavy atom. The van der Waals surface area contributed by atoms with Crippen molar-refractivity contribution < 1.29 is 9.47 Å². The predicted octanol–water partition coefficient (Wildman–Crippen LogP) is 3.35. The van der Waals surface area contributed by atoms with Crippen LogP contribution in [0, 0.1) is 0 Å². The normalized spacial score (nSPS) is 14.9. The van der Waals surface area contributed by atoms with Crippen molar-refractivity contribution in [3.63, 3.8) is 0 Å². The van der Waals surface area contributed by atoms with Crippen molar-refractivity contribution in [1.29, 1.82) is 0 Å². The molecule has 1 atom stereocenters. The minimum absolute atomic E-state index is 0.109. The molecule has 0 aliphatic heterocycles. The van der Waals surface area contributed by atoms with Gasteiger partial charge in [0.1, 0.15) is 5.65 Å². The first-order valence-electron chi connectivity index (χ1n) is 9.53. The van der Waals surface area contributed by atoms with Gasteiger partial charge in [-0.3, -0.25) is 0 Å². The summed E-state index contributed by atoms with van der Waals surface area (Å²) in [6.07, 6.45) is 11.0. The van der Waals surface area contributed by atoms with E-state index in [1.807, 2.05) is 23.6 Å². The summed E-state index contributed by atoms with van der Waals surface area (Å²) in [6, 6.07) is 4.23. The summed E-state index contributed by atoms with van der Waals surface area (Å²) in [5, 5.41) is 3.30. The third-order valence-electron chi connectivity index (χ3n) is 4.87. The van der Waals surface area contributed by atoms with E-state index >= 15 is 0 Å². The second-order valence-electron chi connectivity index (χ2n) is 7.00. The lowest BCUT2D eigenvalue weighted by Gasteiger charge is -2.18. The average molecular weight is 379 g/mol. The molecule has 146 valence electrons. The van der Waals surface area contributed by atoms with Gasteiger partial charge in [0.05, 0.1) is 25.0 Å². The van der Waals surface area contributed by atoms with Gasteiger partial charge in [-0.15, -0.1) is 0 Å². The number of hydrogen-bond donors (Lipinski definition) is 1. The van der Waals surface area contributed by atoms with E-state index in [2.05, 4.69) is 33.6 Å². The number of ether oxygens (including phenoxy) is 2. The maximum atomic E-state index is 5.69. The van der Waals surface area contributed by atoms with Crippen LogP contribution in [0.4, 0.5) is 5.95 Å². The van der Waals surface area contributed by atoms with E-state index in [-0.39, 0.29) is 6.04 Å². The SMILES string of the molecule is COC[C@@H](C)Nc1nc2c(c(OC)n1)C(c1ccc3nccn3c1)=CCCC2. The molecule has 1 N–H and O–H groups in total. The van der Waals surface area contributed by atoms with Crippen molar-refractivity contribution in [2.75, 3.05) is 26.1 Å². The van der Waals surface area contributed by atoms with Crippen molar-refractivity contribution in [2.24, 2.45) is 0 Å². The predicted molar refractivity (Wildman–Crippen MR) is 109 cm³/mol. The highest BCUT2D eigenvalue weighted by molar-refractivity contribution is 5.84. The van der Waals surface area contributed by atoms with Crippen LogP contribution in [0.15, 0.2) is 36.8 Å². The molecule has 0 aromatic carbocycles. The number of nitrogens with one attached hydrogen (secondary N) is 1. The van der Waals surface area contributed by atoms with Crippen molar-refractivity contribution in [2.45, 2.75) is 32.2 Å². The highest BCUT2D eigenvalue weighted by Gasteiger charge is 2.22. The van der Waals surface area contributed by atoms with Crippen LogP contribution >= 0.6 is 0 Å². The fourth-order valence-corrected chi connectivity index (χ4v) is 3.62. The summed E-state index contributed by atoms with van der Waals surface area (Å²) in [5.41, 5.74) is 5.12. The van der Waals surface area contributed by atoms with Gasteiger partial charge in [-0.1, -0.05) is 6.08 Å². The van der Waals surface area contributed by atoms with Crippen LogP contribution in [0.2, 0.25) is 0 Å². The van der Waals surface area contributed by atoms with Crippen LogP contribution in [0.1, 0.15) is 36.6 Å². The lowest BCUT2D eigenvalue weighted by Crippen LogP contribution is -2.23. The molecule has 1 aliphatic rings. The molecule has 3 aromatic rings. The summed E-state index contributed by atoms with van der Waals surface area (Å²) in [6.45, 7) is 2.62. The number of methoxy groups -OCH3 is 2. The number of allylic oxidation sites excluding steroid dienone is 1. The van der Waals surface area contributed by atoms with Gasteiger partial charge in [0, 0.05) is 31.7 Å². The summed E-state index contributed by atoms with van der Waals surface area (Å²) < 4.78 is 12.9. The molecule has 0 radical (unpaired) electrons. The van der Waals surface area contributed by atoms with E-state index in [9.17, 15) is 0 Å². The monoisotopic (exact) mass is 379 g/mol. The Bertz CT molecular complexity index is 1010. The number of fused-ring (bicyclic) bond motifs is 2. The molecular formula is C21H25N5O2. The van der Waals surface area contributed by atoms with Gasteiger partial charge >= 0.3 is 0 Å². The summed E-state index contributed by atoms with van der Waals surface area (Å²) in [4.78, 5) is 13.8. The molecule has 7 heteroatoms. The van der Waals surface area contributed by atoms with Gasteiger partial charge in [0.15, 0.2) is 0 Å². The molecule has 0 unspecified atom stereocenters. The van der Waals surface area contributed by atoms with Gasteiger partial charge in [-0.2, -0.15) is 4.98 Å². The molecule has 4 rings (SSSR count). The molecular weight excluding hydrogens is 354 g/mol. The first-order valence-corrected chi connectivity index (χ1v) is 9.53. The van der Waals surface area contributed by atoms with Gasteiger partial charge in [0.25, 0.3) is 0 Å². The van der Waals surface area contributed by atoms with Crippen LogP contribution < -0.4 is 10.1 Å². The highest BCUT2D eigenvalue weighted by Crippen LogP contribution is 2.36. The van der Waals surface area contributed by atoms with E-state index < -0.39 is 0 Å². The Kier molecular flexibility index (Phi) is 5.25. The standard InChI is InChI=1S/C21H25N5O2/c1-14(13-27-2)23-21-24-17-7-5-4-6-16(19(17)20(25-21)28-3)15-8-9-18-22-10-11-26(18)12-15/h6,8-12,14H,4-5,7,13H2,1-3H3,(H,23,24,25)/t14-/m1/s1. The molecule has 3 heterocycles. The number of hydrogen-bond acceptors (Lipinski definition) is 6. The number of rotatable bonds is 6. The van der Waals surface area contributed by atoms with Crippen LogP contribution in [0.25, 0.3) is 11.2 Å². The van der Waals surface area contributed by atoms with Gasteiger partial charge in [-0.25, -0.2) is 9.97 Å². The van der Waals surface area contributed by atoms with E-state index in [1.54, 1.807) is 20.4 Å². The smallest absolute Gasteiger partial charge is 0.226 e. The molecule has 0 fully saturated rings. The summed E-state index contributed by atoms with van der Waals surface area (Å²) >= 11 is 0. The molecule has 0 bridgehead atoms. The van der Waals surface area contributed by atoms with E-state index in [4.69, 9.17) is 14.5 Å². The van der Waals surface area contributed by atoms with Crippen molar-refractivity contribution in [3.8, 4) is 5.88 Å². The van der Waals surface area contributed by atoms with Gasteiger partial charge in [-0.05, 0) is 49.5 Å². The van der Waals surface area contributed by atoms with Crippen LogP contribution in [0.3, 0.4) is 0 Å². The molecule has 7 nitrogen and oxygen atoms in total. The van der Waals surface area contributed by atoms with Crippen LogP contribution in [-0.2, 0) is 11.2 Å². The zero-order valence-electron chi connectivity index (χ0n) is 16.5. The first-order chi connectivity index (χ1) is 13.7. The van der Waals surface area contributed by atoms with Crippen molar-refractivity contribution in [3.05, 3.63) is 53.6 Å². The topological polar surface area (TPSA) is 73.6 Å². The van der Waals surface area contributed by atoms with Gasteiger partial charge < -0.3 is 19.2 Å². The van der Waals surface area contributed by atoms with Crippen molar-refractivity contribution >= 4 is 17.2 Å². The summed E-state index contributed by atoms with van der Waals surface area (Å²) in [5.74, 6) is 1.17. The molecule has 0 saturated carbocycles. The zero-order valence-corrected chi connectivity index (χ0v) is 16.5. The maximum Gasteiger partial charge on any atom is 0.226 e. The Labute approximate surface area is 164 Å². The Hall–Kier alpha value is -2.93. The number of pyridine rings is 1. The Morgan fingerprint density at radius 2 is 2.14 bits per heavy atom. The second kappa shape index (κ2) is 7.98. The number of anilines is 1. The lowest BCUT2D eigenvalue weighted by atomic mass is 9.98. The van der Waals surface area contributed by atoms with E-state index in [1.165, 1.54) is 0 Å². The number of aromatic nitrogens is 4. The fourth-order valence-electron chi connectivity index (χ4n) is 3.62. The minimum Gasteiger partial charge on any atom is -0.480 e. The average Bonchev–Trinajstić information content (AvgIpc) is 3.06. The first kappa shape index (κ1) is 18.4. The fraction of sp³-hybridized carbons (Fsp3) is 0.381. The van der Waals surface area contributed by atoms with Crippen molar-refractivity contribution in [1.82, 2.24) is 19.4 Å². The third kappa shape index (κ3) is 3.57. The highest BCUT2D eigenvalue weighted by atomic mass is 16.5. The largest absolute Gasteiger partial charge is 0.480 e. The molecule has 0 spiro atoms. The number of aryl methyl sites for hydroxylation is 1. The molecule has 1 aliphatic carbocycles. The van der Waals surface area contributed by atoms with Crippen LogP contribution in [-0.4, -0.2) is 46.2 Å². The third-order valence-corrected chi connectivity index (χ3v) is 4.87. The summed E-state index contributed by atoms with van der Waals surface area (Å²) in [7, 11) is 3.34. The zero-order chi connectivity index (χ0) is 19.5. The second-order valence-corrected chi connectivity index (χ2v) is 7.00. The van der Waals surface area contributed by atoms with E-state index in [0.29, 0.717) is 18.4 Å². The van der Waals surface area contributed by atoms with Crippen LogP contribution in [0.5, 0.6) is 5.88 Å².